The van der Waals surface area contributed by atoms with Gasteiger partial charge in [0.15, 0.2) is 0 Å². The molecule has 1 saturated heterocycles. The summed E-state index contributed by atoms with van der Waals surface area (Å²) >= 11 is 0. The predicted molar refractivity (Wildman–Crippen MR) is 69.9 cm³/mol. The van der Waals surface area contributed by atoms with Gasteiger partial charge in [0.1, 0.15) is 0 Å². The highest BCUT2D eigenvalue weighted by Gasteiger charge is 2.30. The Kier molecular flexibility index (Phi) is 5.72. The molecule has 0 radical (unpaired) electrons. The van der Waals surface area contributed by atoms with E-state index in [2.05, 4.69) is 4.72 Å². The quantitative estimate of drug-likeness (QED) is 0.721. The third-order valence-corrected chi connectivity index (χ3v) is 4.37. The molecule has 1 fully saturated rings. The lowest BCUT2D eigenvalue weighted by atomic mass is 10.1. The summed E-state index contributed by atoms with van der Waals surface area (Å²) in [5.74, 6) is -1.18. The molecule has 0 aromatic heterocycles. The van der Waals surface area contributed by atoms with Crippen molar-refractivity contribution in [3.63, 3.8) is 0 Å². The number of carbonyl (C=O) groups is 1. The first-order valence-corrected chi connectivity index (χ1v) is 7.76. The maximum atomic E-state index is 12.1. The molecule has 1 aliphatic heterocycles. The van der Waals surface area contributed by atoms with E-state index in [4.69, 9.17) is 9.84 Å². The van der Waals surface area contributed by atoms with Gasteiger partial charge >= 0.3 is 5.97 Å². The van der Waals surface area contributed by atoms with Crippen molar-refractivity contribution in [2.45, 2.75) is 39.4 Å². The molecule has 0 amide bonds. The van der Waals surface area contributed by atoms with Crippen molar-refractivity contribution >= 4 is 16.2 Å². The first kappa shape index (κ1) is 16.4. The van der Waals surface area contributed by atoms with Gasteiger partial charge in [0.25, 0.3) is 10.2 Å². The minimum Gasteiger partial charge on any atom is -0.481 e. The van der Waals surface area contributed by atoms with Gasteiger partial charge in [-0.2, -0.15) is 12.7 Å². The topological polar surface area (TPSA) is 95.9 Å². The molecule has 8 heteroatoms. The van der Waals surface area contributed by atoms with Gasteiger partial charge in [-0.1, -0.05) is 6.92 Å². The van der Waals surface area contributed by atoms with Gasteiger partial charge in [-0.15, -0.1) is 0 Å². The normalized spacial score (nSPS) is 27.1. The lowest BCUT2D eigenvalue weighted by Crippen LogP contribution is -2.52. The molecule has 1 rings (SSSR count). The average molecular weight is 294 g/mol. The summed E-state index contributed by atoms with van der Waals surface area (Å²) < 4.78 is 33.4. The highest BCUT2D eigenvalue weighted by Crippen LogP contribution is 2.13. The number of ether oxygens (including phenoxy) is 1. The van der Waals surface area contributed by atoms with Crippen LogP contribution in [0.2, 0.25) is 0 Å². The summed E-state index contributed by atoms with van der Waals surface area (Å²) in [5.41, 5.74) is 0. The highest BCUT2D eigenvalue weighted by molar-refractivity contribution is 7.87. The second-order valence-electron chi connectivity index (χ2n) is 5.13. The summed E-state index contributed by atoms with van der Waals surface area (Å²) in [7, 11) is -3.57. The van der Waals surface area contributed by atoms with Crippen LogP contribution in [0.3, 0.4) is 0 Å². The zero-order valence-corrected chi connectivity index (χ0v) is 12.3. The van der Waals surface area contributed by atoms with E-state index in [9.17, 15) is 13.2 Å². The number of hydrogen-bond donors (Lipinski definition) is 2. The molecule has 112 valence electrons. The van der Waals surface area contributed by atoms with Crippen LogP contribution in [0, 0.1) is 5.92 Å². The molecule has 1 aliphatic rings. The largest absolute Gasteiger partial charge is 0.481 e. The van der Waals surface area contributed by atoms with E-state index in [0.29, 0.717) is 13.1 Å². The maximum absolute atomic E-state index is 12.1. The van der Waals surface area contributed by atoms with Crippen LogP contribution in [-0.2, 0) is 19.7 Å². The van der Waals surface area contributed by atoms with Gasteiger partial charge in [0.05, 0.1) is 12.2 Å². The van der Waals surface area contributed by atoms with Gasteiger partial charge in [0, 0.05) is 26.1 Å². The van der Waals surface area contributed by atoms with Crippen molar-refractivity contribution in [2.75, 3.05) is 19.6 Å². The van der Waals surface area contributed by atoms with E-state index in [0.717, 1.165) is 0 Å². The zero-order chi connectivity index (χ0) is 14.6. The molecule has 3 unspecified atom stereocenters. The van der Waals surface area contributed by atoms with Crippen molar-refractivity contribution in [1.29, 1.82) is 0 Å². The van der Waals surface area contributed by atoms with Crippen LogP contribution >= 0.6 is 0 Å². The second kappa shape index (κ2) is 6.65. The molecule has 19 heavy (non-hydrogen) atoms. The van der Waals surface area contributed by atoms with E-state index in [-0.39, 0.29) is 31.1 Å². The SMILES string of the molecule is CC(CNS(=O)(=O)N1CC(C)OC(C)C1)CC(=O)O. The van der Waals surface area contributed by atoms with E-state index < -0.39 is 16.2 Å². The third-order valence-electron chi connectivity index (χ3n) is 2.86. The van der Waals surface area contributed by atoms with Crippen LogP contribution < -0.4 is 4.72 Å². The summed E-state index contributed by atoms with van der Waals surface area (Å²) in [5, 5.41) is 8.63. The number of morpholine rings is 1. The lowest BCUT2D eigenvalue weighted by molar-refractivity contribution is -0.137. The Bertz CT molecular complexity index is 401. The van der Waals surface area contributed by atoms with Crippen LogP contribution in [0.15, 0.2) is 0 Å². The van der Waals surface area contributed by atoms with E-state index >= 15 is 0 Å². The first-order chi connectivity index (χ1) is 8.70. The second-order valence-corrected chi connectivity index (χ2v) is 6.89. The van der Waals surface area contributed by atoms with Crippen molar-refractivity contribution in [1.82, 2.24) is 9.03 Å². The minimum atomic E-state index is -3.57. The minimum absolute atomic E-state index is 0.0571. The number of rotatable bonds is 6. The van der Waals surface area contributed by atoms with Crippen LogP contribution in [0.5, 0.6) is 0 Å². The molecule has 0 spiro atoms. The predicted octanol–water partition coefficient (Wildman–Crippen LogP) is 0.0408. The van der Waals surface area contributed by atoms with E-state index in [1.807, 2.05) is 13.8 Å². The number of carboxylic acids is 1. The van der Waals surface area contributed by atoms with Crippen LogP contribution in [0.4, 0.5) is 0 Å². The smallest absolute Gasteiger partial charge is 0.303 e. The molecule has 1 heterocycles. The van der Waals surface area contributed by atoms with Crippen molar-refractivity contribution in [3.05, 3.63) is 0 Å². The summed E-state index contributed by atoms with van der Waals surface area (Å²) in [6.45, 7) is 6.09. The molecule has 3 atom stereocenters. The summed E-state index contributed by atoms with van der Waals surface area (Å²) in [6.07, 6.45) is -0.341. The van der Waals surface area contributed by atoms with Gasteiger partial charge in [-0.25, -0.2) is 4.72 Å². The Hall–Kier alpha value is -0.700. The molecule has 0 aromatic carbocycles. The fourth-order valence-electron chi connectivity index (χ4n) is 2.04. The molecule has 0 bridgehead atoms. The third kappa shape index (κ3) is 5.43. The number of hydrogen-bond acceptors (Lipinski definition) is 4. The van der Waals surface area contributed by atoms with Crippen molar-refractivity contribution in [3.8, 4) is 0 Å². The lowest BCUT2D eigenvalue weighted by Gasteiger charge is -2.34. The van der Waals surface area contributed by atoms with Gasteiger partial charge in [0.2, 0.25) is 0 Å². The van der Waals surface area contributed by atoms with Crippen LogP contribution in [0.25, 0.3) is 0 Å². The standard InChI is InChI=1S/C11H22N2O5S/c1-8(4-11(14)15)5-12-19(16,17)13-6-9(2)18-10(3)7-13/h8-10,12H,4-7H2,1-3H3,(H,14,15). The summed E-state index contributed by atoms with van der Waals surface area (Å²) in [4.78, 5) is 10.5. The molecule has 0 aliphatic carbocycles. The Morgan fingerprint density at radius 1 is 1.42 bits per heavy atom. The molecular formula is C11H22N2O5S. The molecule has 0 aromatic rings. The first-order valence-electron chi connectivity index (χ1n) is 6.32. The van der Waals surface area contributed by atoms with Crippen molar-refractivity contribution < 1.29 is 23.1 Å². The number of carboxylic acid groups (broad SMARTS) is 1. The highest BCUT2D eigenvalue weighted by atomic mass is 32.2. The van der Waals surface area contributed by atoms with Gasteiger partial charge in [-0.3, -0.25) is 4.79 Å². The Morgan fingerprint density at radius 3 is 2.42 bits per heavy atom. The fraction of sp³-hybridized carbons (Fsp3) is 0.909. The number of nitrogens with zero attached hydrogens (tertiary/aromatic N) is 1. The Balaban J connectivity index is 2.53. The van der Waals surface area contributed by atoms with Crippen molar-refractivity contribution in [2.24, 2.45) is 5.92 Å². The van der Waals surface area contributed by atoms with E-state index in [1.54, 1.807) is 6.92 Å². The molecule has 7 nitrogen and oxygen atoms in total. The molecule has 0 saturated carbocycles. The number of aliphatic carboxylic acids is 1. The zero-order valence-electron chi connectivity index (χ0n) is 11.5. The summed E-state index contributed by atoms with van der Waals surface area (Å²) in [6, 6.07) is 0. The fourth-order valence-corrected chi connectivity index (χ4v) is 3.53. The molecular weight excluding hydrogens is 272 g/mol. The van der Waals surface area contributed by atoms with Gasteiger partial charge < -0.3 is 9.84 Å². The Labute approximate surface area is 114 Å². The van der Waals surface area contributed by atoms with E-state index in [1.165, 1.54) is 4.31 Å². The maximum Gasteiger partial charge on any atom is 0.303 e. The van der Waals surface area contributed by atoms with Crippen LogP contribution in [-0.4, -0.2) is 55.6 Å². The number of nitrogens with one attached hydrogen (secondary N) is 1. The molecule has 2 N–H and O–H groups in total. The average Bonchev–Trinajstić information content (AvgIpc) is 2.24. The Morgan fingerprint density at radius 2 is 1.95 bits per heavy atom. The van der Waals surface area contributed by atoms with Gasteiger partial charge in [-0.05, 0) is 19.8 Å². The monoisotopic (exact) mass is 294 g/mol. The van der Waals surface area contributed by atoms with Crippen LogP contribution in [0.1, 0.15) is 27.2 Å².